The van der Waals surface area contributed by atoms with Gasteiger partial charge in [0.1, 0.15) is 18.6 Å². The standard InChI is InChI=1S/C20H18ClNO4/c1-20(2,12-24)13-6-7-14-18(10-13)26-9-8-22(19(14)25)17-5-3-4-16(21)15(17)11-23/h3-7,10-12H,8-9H2,1-2H3. The summed E-state index contributed by atoms with van der Waals surface area (Å²) >= 11 is 6.09. The molecule has 1 aliphatic heterocycles. The fourth-order valence-corrected chi connectivity index (χ4v) is 3.10. The van der Waals surface area contributed by atoms with Gasteiger partial charge in [0.15, 0.2) is 6.29 Å². The van der Waals surface area contributed by atoms with Crippen LogP contribution in [0, 0.1) is 0 Å². The molecule has 1 amide bonds. The van der Waals surface area contributed by atoms with Gasteiger partial charge in [0.25, 0.3) is 5.91 Å². The smallest absolute Gasteiger partial charge is 0.262 e. The van der Waals surface area contributed by atoms with E-state index in [1.54, 1.807) is 50.2 Å². The van der Waals surface area contributed by atoms with Crippen LogP contribution in [-0.2, 0) is 10.2 Å². The highest BCUT2D eigenvalue weighted by atomic mass is 35.5. The summed E-state index contributed by atoms with van der Waals surface area (Å²) in [7, 11) is 0. The van der Waals surface area contributed by atoms with Crippen molar-refractivity contribution in [2.24, 2.45) is 0 Å². The Morgan fingerprint density at radius 3 is 2.65 bits per heavy atom. The van der Waals surface area contributed by atoms with Crippen molar-refractivity contribution in [3.63, 3.8) is 0 Å². The van der Waals surface area contributed by atoms with E-state index in [1.807, 2.05) is 0 Å². The van der Waals surface area contributed by atoms with Crippen LogP contribution in [0.25, 0.3) is 0 Å². The molecule has 0 unspecified atom stereocenters. The van der Waals surface area contributed by atoms with Crippen LogP contribution in [0.3, 0.4) is 0 Å². The molecule has 2 aromatic rings. The van der Waals surface area contributed by atoms with Crippen molar-refractivity contribution in [1.82, 2.24) is 0 Å². The molecule has 2 aromatic carbocycles. The van der Waals surface area contributed by atoms with Gasteiger partial charge < -0.3 is 14.4 Å². The quantitative estimate of drug-likeness (QED) is 0.769. The monoisotopic (exact) mass is 371 g/mol. The Bertz CT molecular complexity index is 891. The molecule has 0 N–H and O–H groups in total. The topological polar surface area (TPSA) is 63.7 Å². The molecule has 0 bridgehead atoms. The number of benzene rings is 2. The number of ether oxygens (including phenoxy) is 1. The summed E-state index contributed by atoms with van der Waals surface area (Å²) in [6.07, 6.45) is 1.51. The van der Waals surface area contributed by atoms with E-state index in [0.29, 0.717) is 28.3 Å². The molecular formula is C20H18ClNO4. The minimum atomic E-state index is -0.676. The number of carbonyl (C=O) groups is 3. The van der Waals surface area contributed by atoms with Gasteiger partial charge >= 0.3 is 0 Å². The molecule has 5 nitrogen and oxygen atoms in total. The van der Waals surface area contributed by atoms with Crippen LogP contribution in [-0.4, -0.2) is 31.6 Å². The third-order valence-electron chi connectivity index (χ3n) is 4.51. The SMILES string of the molecule is CC(C)(C=O)c1ccc2c(c1)OCCN(c1cccc(Cl)c1C=O)C2=O. The lowest BCUT2D eigenvalue weighted by Crippen LogP contribution is -2.33. The Morgan fingerprint density at radius 2 is 1.96 bits per heavy atom. The molecule has 0 radical (unpaired) electrons. The molecule has 1 aliphatic rings. The maximum absolute atomic E-state index is 13.1. The minimum Gasteiger partial charge on any atom is -0.491 e. The van der Waals surface area contributed by atoms with Gasteiger partial charge in [-0.15, -0.1) is 0 Å². The lowest BCUT2D eigenvalue weighted by molar-refractivity contribution is -0.111. The van der Waals surface area contributed by atoms with E-state index in [1.165, 1.54) is 4.90 Å². The third kappa shape index (κ3) is 3.10. The lowest BCUT2D eigenvalue weighted by Gasteiger charge is -2.22. The Balaban J connectivity index is 2.06. The second-order valence-corrected chi connectivity index (χ2v) is 7.05. The van der Waals surface area contributed by atoms with E-state index >= 15 is 0 Å². The number of hydrogen-bond acceptors (Lipinski definition) is 4. The predicted octanol–water partition coefficient (Wildman–Crippen LogP) is 3.67. The number of carbonyl (C=O) groups excluding carboxylic acids is 3. The van der Waals surface area contributed by atoms with Gasteiger partial charge in [0.2, 0.25) is 0 Å². The van der Waals surface area contributed by atoms with Gasteiger partial charge in [-0.25, -0.2) is 0 Å². The van der Waals surface area contributed by atoms with Gasteiger partial charge in [0, 0.05) is 5.41 Å². The molecule has 0 saturated heterocycles. The summed E-state index contributed by atoms with van der Waals surface area (Å²) in [6.45, 7) is 4.14. The van der Waals surface area contributed by atoms with Crippen LogP contribution in [0.15, 0.2) is 36.4 Å². The molecular weight excluding hydrogens is 354 g/mol. The second kappa shape index (κ2) is 6.92. The Morgan fingerprint density at radius 1 is 1.19 bits per heavy atom. The number of halogens is 1. The maximum Gasteiger partial charge on any atom is 0.262 e. The first-order valence-electron chi connectivity index (χ1n) is 8.18. The molecule has 0 atom stereocenters. The van der Waals surface area contributed by atoms with Crippen LogP contribution >= 0.6 is 11.6 Å². The molecule has 6 heteroatoms. The average molecular weight is 372 g/mol. The zero-order valence-electron chi connectivity index (χ0n) is 14.5. The fourth-order valence-electron chi connectivity index (χ4n) is 2.89. The minimum absolute atomic E-state index is 0.258. The van der Waals surface area contributed by atoms with Crippen LogP contribution in [0.1, 0.15) is 40.1 Å². The largest absolute Gasteiger partial charge is 0.491 e. The van der Waals surface area contributed by atoms with E-state index in [2.05, 4.69) is 0 Å². The van der Waals surface area contributed by atoms with E-state index in [4.69, 9.17) is 16.3 Å². The summed E-state index contributed by atoms with van der Waals surface area (Å²) < 4.78 is 5.75. The summed E-state index contributed by atoms with van der Waals surface area (Å²) in [5.41, 5.74) is 1.19. The predicted molar refractivity (Wildman–Crippen MR) is 99.5 cm³/mol. The molecule has 1 heterocycles. The number of nitrogens with zero attached hydrogens (tertiary/aromatic N) is 1. The highest BCUT2D eigenvalue weighted by molar-refractivity contribution is 6.33. The summed E-state index contributed by atoms with van der Waals surface area (Å²) in [6, 6.07) is 10.1. The van der Waals surface area contributed by atoms with Crippen molar-refractivity contribution >= 4 is 35.8 Å². The van der Waals surface area contributed by atoms with Crippen molar-refractivity contribution in [3.8, 4) is 5.75 Å². The summed E-state index contributed by atoms with van der Waals surface area (Å²) in [4.78, 5) is 37.3. The van der Waals surface area contributed by atoms with Gasteiger partial charge in [-0.1, -0.05) is 23.7 Å². The second-order valence-electron chi connectivity index (χ2n) is 6.65. The molecule has 0 spiro atoms. The van der Waals surface area contributed by atoms with E-state index < -0.39 is 5.41 Å². The number of aldehydes is 2. The molecule has 3 rings (SSSR count). The van der Waals surface area contributed by atoms with E-state index in [9.17, 15) is 14.4 Å². The molecule has 0 saturated carbocycles. The first kappa shape index (κ1) is 18.1. The molecule has 0 fully saturated rings. The van der Waals surface area contributed by atoms with Gasteiger partial charge in [-0.05, 0) is 43.7 Å². The number of anilines is 1. The highest BCUT2D eigenvalue weighted by Crippen LogP contribution is 2.33. The zero-order chi connectivity index (χ0) is 18.9. The fraction of sp³-hybridized carbons (Fsp3) is 0.250. The summed E-state index contributed by atoms with van der Waals surface area (Å²) in [5.74, 6) is 0.151. The van der Waals surface area contributed by atoms with Gasteiger partial charge in [-0.2, -0.15) is 0 Å². The number of hydrogen-bond donors (Lipinski definition) is 0. The number of fused-ring (bicyclic) bond motifs is 1. The zero-order valence-corrected chi connectivity index (χ0v) is 15.2. The Labute approximate surface area is 156 Å². The lowest BCUT2D eigenvalue weighted by atomic mass is 9.85. The Hall–Kier alpha value is -2.66. The number of amides is 1. The van der Waals surface area contributed by atoms with Crippen LogP contribution in [0.4, 0.5) is 5.69 Å². The average Bonchev–Trinajstić information content (AvgIpc) is 2.80. The van der Waals surface area contributed by atoms with Crippen LogP contribution < -0.4 is 9.64 Å². The number of rotatable bonds is 4. The van der Waals surface area contributed by atoms with Crippen LogP contribution in [0.2, 0.25) is 5.02 Å². The van der Waals surface area contributed by atoms with Gasteiger partial charge in [0.05, 0.1) is 28.4 Å². The molecule has 134 valence electrons. The normalized spacial score (nSPS) is 14.3. The van der Waals surface area contributed by atoms with Crippen molar-refractivity contribution in [3.05, 3.63) is 58.1 Å². The molecule has 0 aliphatic carbocycles. The van der Waals surface area contributed by atoms with Gasteiger partial charge in [-0.3, -0.25) is 9.59 Å². The van der Waals surface area contributed by atoms with Crippen molar-refractivity contribution in [2.45, 2.75) is 19.3 Å². The Kier molecular flexibility index (Phi) is 4.83. The van der Waals surface area contributed by atoms with Crippen molar-refractivity contribution in [2.75, 3.05) is 18.1 Å². The highest BCUT2D eigenvalue weighted by Gasteiger charge is 2.29. The maximum atomic E-state index is 13.1. The van der Waals surface area contributed by atoms with E-state index in [0.717, 1.165) is 11.8 Å². The molecule has 0 aromatic heterocycles. The third-order valence-corrected chi connectivity index (χ3v) is 4.84. The summed E-state index contributed by atoms with van der Waals surface area (Å²) in [5, 5.41) is 0.291. The first-order valence-corrected chi connectivity index (χ1v) is 8.56. The van der Waals surface area contributed by atoms with Crippen molar-refractivity contribution < 1.29 is 19.1 Å². The van der Waals surface area contributed by atoms with Crippen molar-refractivity contribution in [1.29, 1.82) is 0 Å². The van der Waals surface area contributed by atoms with E-state index in [-0.39, 0.29) is 24.6 Å². The molecule has 26 heavy (non-hydrogen) atoms. The van der Waals surface area contributed by atoms with Crippen LogP contribution in [0.5, 0.6) is 5.75 Å². The first-order chi connectivity index (χ1) is 12.4.